The van der Waals surface area contributed by atoms with Crippen molar-refractivity contribution in [3.05, 3.63) is 59.2 Å². The molecule has 192 valence electrons. The highest BCUT2D eigenvalue weighted by molar-refractivity contribution is 6.46. The standard InChI is InChI=1S/C27H32N2O7/c1-33-20-8-5-18(6-9-20)25(30)23-24(19-7-10-21(34-2)22(17-19)35-3)29(27(32)26(23)31)12-4-11-28-13-15-36-16-14-28/h5-10,17,24,30H,4,11-16H2,1-3H3/b25-23-. The van der Waals surface area contributed by atoms with Gasteiger partial charge in [0.05, 0.1) is 46.2 Å². The second-order valence-corrected chi connectivity index (χ2v) is 8.64. The molecule has 0 bridgehead atoms. The van der Waals surface area contributed by atoms with E-state index in [2.05, 4.69) is 4.90 Å². The van der Waals surface area contributed by atoms with Crippen molar-refractivity contribution < 1.29 is 33.6 Å². The lowest BCUT2D eigenvalue weighted by Crippen LogP contribution is -2.38. The Bertz CT molecular complexity index is 1120. The van der Waals surface area contributed by atoms with Gasteiger partial charge in [-0.3, -0.25) is 14.5 Å². The number of likely N-dealkylation sites (tertiary alicyclic amines) is 1. The second kappa shape index (κ2) is 11.5. The first-order chi connectivity index (χ1) is 17.5. The van der Waals surface area contributed by atoms with E-state index in [-0.39, 0.29) is 11.3 Å². The first-order valence-electron chi connectivity index (χ1n) is 11.9. The van der Waals surface area contributed by atoms with E-state index in [1.807, 2.05) is 0 Å². The molecule has 36 heavy (non-hydrogen) atoms. The van der Waals surface area contributed by atoms with Crippen molar-refractivity contribution in [3.63, 3.8) is 0 Å². The molecule has 0 aliphatic carbocycles. The maximum Gasteiger partial charge on any atom is 0.295 e. The number of amides is 1. The first kappa shape index (κ1) is 25.5. The molecule has 2 aliphatic rings. The van der Waals surface area contributed by atoms with Crippen LogP contribution in [0.3, 0.4) is 0 Å². The number of rotatable bonds is 9. The molecule has 1 unspecified atom stereocenters. The molecule has 0 radical (unpaired) electrons. The maximum atomic E-state index is 13.3. The molecule has 0 aromatic heterocycles. The van der Waals surface area contributed by atoms with Gasteiger partial charge in [0.25, 0.3) is 11.7 Å². The van der Waals surface area contributed by atoms with Gasteiger partial charge in [0, 0.05) is 31.7 Å². The predicted octanol–water partition coefficient (Wildman–Crippen LogP) is 2.86. The maximum absolute atomic E-state index is 13.3. The van der Waals surface area contributed by atoms with Gasteiger partial charge in [-0.2, -0.15) is 0 Å². The molecule has 2 fully saturated rings. The third kappa shape index (κ3) is 5.17. The number of carbonyl (C=O) groups is 2. The molecule has 9 nitrogen and oxygen atoms in total. The molecule has 0 saturated carbocycles. The summed E-state index contributed by atoms with van der Waals surface area (Å²) >= 11 is 0. The predicted molar refractivity (Wildman–Crippen MR) is 133 cm³/mol. The Morgan fingerprint density at radius 2 is 1.64 bits per heavy atom. The van der Waals surface area contributed by atoms with E-state index in [4.69, 9.17) is 18.9 Å². The highest BCUT2D eigenvalue weighted by Crippen LogP contribution is 2.42. The van der Waals surface area contributed by atoms with Crippen molar-refractivity contribution in [1.82, 2.24) is 9.80 Å². The van der Waals surface area contributed by atoms with Crippen molar-refractivity contribution >= 4 is 17.4 Å². The Labute approximate surface area is 210 Å². The summed E-state index contributed by atoms with van der Waals surface area (Å²) in [6.45, 7) is 4.21. The van der Waals surface area contributed by atoms with Crippen LogP contribution >= 0.6 is 0 Å². The molecule has 2 aromatic rings. The van der Waals surface area contributed by atoms with Gasteiger partial charge in [-0.05, 0) is 48.4 Å². The van der Waals surface area contributed by atoms with Crippen LogP contribution in [0.4, 0.5) is 0 Å². The van der Waals surface area contributed by atoms with Crippen molar-refractivity contribution in [2.75, 3.05) is 60.7 Å². The highest BCUT2D eigenvalue weighted by atomic mass is 16.5. The minimum absolute atomic E-state index is 0.0451. The molecule has 1 amide bonds. The Morgan fingerprint density at radius 1 is 0.944 bits per heavy atom. The molecule has 2 aliphatic heterocycles. The molecular weight excluding hydrogens is 464 g/mol. The molecular formula is C27H32N2O7. The lowest BCUT2D eigenvalue weighted by atomic mass is 9.95. The minimum Gasteiger partial charge on any atom is -0.507 e. The van der Waals surface area contributed by atoms with Gasteiger partial charge >= 0.3 is 0 Å². The largest absolute Gasteiger partial charge is 0.507 e. The van der Waals surface area contributed by atoms with Crippen LogP contribution in [-0.2, 0) is 14.3 Å². The summed E-state index contributed by atoms with van der Waals surface area (Å²) in [4.78, 5) is 30.3. The quantitative estimate of drug-likeness (QED) is 0.322. The molecule has 0 spiro atoms. The van der Waals surface area contributed by atoms with Crippen LogP contribution in [-0.4, -0.2) is 87.3 Å². The first-order valence-corrected chi connectivity index (χ1v) is 11.9. The highest BCUT2D eigenvalue weighted by Gasteiger charge is 2.46. The number of morpholine rings is 1. The monoisotopic (exact) mass is 496 g/mol. The zero-order chi connectivity index (χ0) is 25.7. The van der Waals surface area contributed by atoms with E-state index in [9.17, 15) is 14.7 Å². The van der Waals surface area contributed by atoms with Gasteiger partial charge in [0.2, 0.25) is 0 Å². The molecule has 2 saturated heterocycles. The zero-order valence-corrected chi connectivity index (χ0v) is 20.9. The Kier molecular flexibility index (Phi) is 8.12. The topological polar surface area (TPSA) is 97.8 Å². The van der Waals surface area contributed by atoms with Crippen LogP contribution in [0.25, 0.3) is 5.76 Å². The van der Waals surface area contributed by atoms with Crippen LogP contribution in [0.2, 0.25) is 0 Å². The van der Waals surface area contributed by atoms with Gasteiger partial charge in [0.15, 0.2) is 11.5 Å². The SMILES string of the molecule is COc1ccc(/C(O)=C2/C(=O)C(=O)N(CCCN3CCOCC3)C2c2ccc(OC)c(OC)c2)cc1. The average molecular weight is 497 g/mol. The molecule has 2 heterocycles. The van der Waals surface area contributed by atoms with Crippen molar-refractivity contribution in [3.8, 4) is 17.2 Å². The smallest absolute Gasteiger partial charge is 0.295 e. The number of methoxy groups -OCH3 is 3. The van der Waals surface area contributed by atoms with Crippen molar-refractivity contribution in [1.29, 1.82) is 0 Å². The summed E-state index contributed by atoms with van der Waals surface area (Å²) in [5, 5.41) is 11.2. The van der Waals surface area contributed by atoms with Crippen LogP contribution < -0.4 is 14.2 Å². The summed E-state index contributed by atoms with van der Waals surface area (Å²) in [7, 11) is 4.62. The molecule has 1 atom stereocenters. The number of aliphatic hydroxyl groups is 1. The number of nitrogens with zero attached hydrogens (tertiary/aromatic N) is 2. The summed E-state index contributed by atoms with van der Waals surface area (Å²) in [5.74, 6) is 0.0401. The fraction of sp³-hybridized carbons (Fsp3) is 0.407. The summed E-state index contributed by atoms with van der Waals surface area (Å²) in [6, 6.07) is 11.2. The van der Waals surface area contributed by atoms with Crippen molar-refractivity contribution in [2.24, 2.45) is 0 Å². The van der Waals surface area contributed by atoms with E-state index < -0.39 is 17.7 Å². The van der Waals surface area contributed by atoms with Gasteiger partial charge in [-0.1, -0.05) is 6.07 Å². The second-order valence-electron chi connectivity index (χ2n) is 8.64. The Balaban J connectivity index is 1.71. The summed E-state index contributed by atoms with van der Waals surface area (Å²) in [5.41, 5.74) is 1.12. The lowest BCUT2D eigenvalue weighted by Gasteiger charge is -2.29. The van der Waals surface area contributed by atoms with Crippen LogP contribution in [0, 0.1) is 0 Å². The Hall–Kier alpha value is -3.56. The van der Waals surface area contributed by atoms with E-state index in [0.717, 1.165) is 19.6 Å². The van der Waals surface area contributed by atoms with Gasteiger partial charge in [-0.15, -0.1) is 0 Å². The van der Waals surface area contributed by atoms with E-state index in [0.29, 0.717) is 54.6 Å². The van der Waals surface area contributed by atoms with Gasteiger partial charge in [0.1, 0.15) is 11.5 Å². The van der Waals surface area contributed by atoms with E-state index in [1.165, 1.54) is 7.11 Å². The molecule has 4 rings (SSSR count). The number of aliphatic hydroxyl groups excluding tert-OH is 1. The van der Waals surface area contributed by atoms with Crippen molar-refractivity contribution in [2.45, 2.75) is 12.5 Å². The number of Topliss-reactive ketones (excluding diaryl/α,β-unsaturated/α-hetero) is 1. The normalized spacial score (nSPS) is 20.0. The molecule has 2 aromatic carbocycles. The summed E-state index contributed by atoms with van der Waals surface area (Å²) in [6.07, 6.45) is 0.680. The van der Waals surface area contributed by atoms with Gasteiger partial charge in [-0.25, -0.2) is 0 Å². The van der Waals surface area contributed by atoms with E-state index >= 15 is 0 Å². The number of carbonyl (C=O) groups excluding carboxylic acids is 2. The fourth-order valence-corrected chi connectivity index (χ4v) is 4.67. The third-order valence-electron chi connectivity index (χ3n) is 6.60. The fourth-order valence-electron chi connectivity index (χ4n) is 4.67. The minimum atomic E-state index is -0.767. The number of benzene rings is 2. The third-order valence-corrected chi connectivity index (χ3v) is 6.60. The number of ether oxygens (including phenoxy) is 4. The molecule has 1 N–H and O–H groups in total. The Morgan fingerprint density at radius 3 is 2.28 bits per heavy atom. The summed E-state index contributed by atoms with van der Waals surface area (Å²) < 4.78 is 21.4. The van der Waals surface area contributed by atoms with E-state index in [1.54, 1.807) is 61.6 Å². The number of hydrogen-bond acceptors (Lipinski definition) is 8. The lowest BCUT2D eigenvalue weighted by molar-refractivity contribution is -0.140. The molecule has 9 heteroatoms. The number of ketones is 1. The van der Waals surface area contributed by atoms with Gasteiger partial charge < -0.3 is 29.0 Å². The zero-order valence-electron chi connectivity index (χ0n) is 20.9. The van der Waals surface area contributed by atoms with Crippen LogP contribution in [0.5, 0.6) is 17.2 Å². The van der Waals surface area contributed by atoms with Crippen LogP contribution in [0.1, 0.15) is 23.6 Å². The average Bonchev–Trinajstić information content (AvgIpc) is 3.18. The number of hydrogen-bond donors (Lipinski definition) is 1. The van der Waals surface area contributed by atoms with Crippen LogP contribution in [0.15, 0.2) is 48.0 Å².